The Morgan fingerprint density at radius 2 is 1.57 bits per heavy atom. The van der Waals surface area contributed by atoms with Gasteiger partial charge in [-0.1, -0.05) is 54.1 Å². The summed E-state index contributed by atoms with van der Waals surface area (Å²) >= 11 is 5.79. The highest BCUT2D eigenvalue weighted by atomic mass is 35.5. The maximum absolute atomic E-state index is 11.8. The summed E-state index contributed by atoms with van der Waals surface area (Å²) in [7, 11) is 0. The van der Waals surface area contributed by atoms with Gasteiger partial charge >= 0.3 is 0 Å². The second-order valence-electron chi connectivity index (χ2n) is 4.72. The molecule has 2 aromatic carbocycles. The van der Waals surface area contributed by atoms with Crippen molar-refractivity contribution in [2.75, 3.05) is 0 Å². The molecule has 2 rings (SSSR count). The Balaban J connectivity index is 1.77. The van der Waals surface area contributed by atoms with Crippen LogP contribution in [-0.2, 0) is 22.6 Å². The minimum Gasteiger partial charge on any atom is -0.345 e. The summed E-state index contributed by atoms with van der Waals surface area (Å²) in [5, 5.41) is 3.29. The number of hydrogen-bond acceptors (Lipinski definition) is 2. The molecule has 4 heteroatoms. The van der Waals surface area contributed by atoms with Crippen molar-refractivity contribution in [3.63, 3.8) is 0 Å². The van der Waals surface area contributed by atoms with E-state index >= 15 is 0 Å². The van der Waals surface area contributed by atoms with Crippen LogP contribution in [0.3, 0.4) is 0 Å². The molecule has 0 aromatic heterocycles. The molecule has 3 nitrogen and oxygen atoms in total. The predicted octanol–water partition coefficient (Wildman–Crippen LogP) is 3.16. The molecule has 0 bridgehead atoms. The molecule has 1 amide bonds. The van der Waals surface area contributed by atoms with Crippen LogP contribution < -0.4 is 5.32 Å². The number of hydrogen-bond donors (Lipinski definition) is 1. The Hall–Kier alpha value is -2.13. The van der Waals surface area contributed by atoms with E-state index in [9.17, 15) is 9.59 Å². The third kappa shape index (κ3) is 5.04. The minimum atomic E-state index is -0.534. The molecule has 0 aliphatic heterocycles. The first-order chi connectivity index (χ1) is 10.1. The summed E-state index contributed by atoms with van der Waals surface area (Å²) in [6.07, 6.45) is 0.733. The van der Waals surface area contributed by atoms with E-state index in [0.717, 1.165) is 11.1 Å². The summed E-state index contributed by atoms with van der Waals surface area (Å²) < 4.78 is 0. The van der Waals surface area contributed by atoms with Crippen LogP contribution in [0.2, 0.25) is 5.02 Å². The van der Waals surface area contributed by atoms with Gasteiger partial charge in [0.2, 0.25) is 5.78 Å². The zero-order valence-electron chi connectivity index (χ0n) is 11.5. The van der Waals surface area contributed by atoms with Crippen molar-refractivity contribution in [1.82, 2.24) is 5.32 Å². The number of benzene rings is 2. The van der Waals surface area contributed by atoms with Gasteiger partial charge in [-0.05, 0) is 29.7 Å². The maximum Gasteiger partial charge on any atom is 0.287 e. The first-order valence-corrected chi connectivity index (χ1v) is 7.12. The molecule has 0 fully saturated rings. The molecule has 1 N–H and O–H groups in total. The molecular weight excluding hydrogens is 286 g/mol. The highest BCUT2D eigenvalue weighted by Crippen LogP contribution is 2.11. The summed E-state index contributed by atoms with van der Waals surface area (Å²) in [6.45, 7) is 0.367. The van der Waals surface area contributed by atoms with E-state index in [1.54, 1.807) is 12.1 Å². The van der Waals surface area contributed by atoms with Gasteiger partial charge in [0.25, 0.3) is 5.91 Å². The summed E-state index contributed by atoms with van der Waals surface area (Å²) in [6, 6.07) is 16.8. The quantitative estimate of drug-likeness (QED) is 0.833. The number of ketones is 1. The predicted molar refractivity (Wildman–Crippen MR) is 83.1 cm³/mol. The summed E-state index contributed by atoms with van der Waals surface area (Å²) in [5.74, 6) is -0.936. The number of amides is 1. The topological polar surface area (TPSA) is 46.2 Å². The van der Waals surface area contributed by atoms with Crippen LogP contribution >= 0.6 is 11.6 Å². The number of rotatable bonds is 6. The molecule has 0 saturated heterocycles. The summed E-state index contributed by atoms with van der Waals surface area (Å²) in [4.78, 5) is 23.5. The van der Waals surface area contributed by atoms with Crippen LogP contribution in [-0.4, -0.2) is 11.7 Å². The lowest BCUT2D eigenvalue weighted by atomic mass is 10.1. The number of aryl methyl sites for hydroxylation is 1. The standard InChI is InChI=1S/C17H16ClNO2/c18-15-9-6-13(7-10-15)8-11-16(20)17(21)19-12-14-4-2-1-3-5-14/h1-7,9-10H,8,11-12H2,(H,19,21). The van der Waals surface area contributed by atoms with E-state index in [1.165, 1.54) is 0 Å². The van der Waals surface area contributed by atoms with Crippen molar-refractivity contribution in [3.8, 4) is 0 Å². The van der Waals surface area contributed by atoms with Gasteiger partial charge in [0, 0.05) is 18.0 Å². The monoisotopic (exact) mass is 301 g/mol. The van der Waals surface area contributed by atoms with Crippen LogP contribution in [0, 0.1) is 0 Å². The van der Waals surface area contributed by atoms with E-state index in [-0.39, 0.29) is 6.42 Å². The molecule has 0 radical (unpaired) electrons. The summed E-state index contributed by atoms with van der Waals surface area (Å²) in [5.41, 5.74) is 1.96. The van der Waals surface area contributed by atoms with E-state index in [1.807, 2.05) is 42.5 Å². The third-order valence-corrected chi connectivity index (χ3v) is 3.36. The lowest BCUT2D eigenvalue weighted by Crippen LogP contribution is -2.30. The number of carbonyl (C=O) groups excluding carboxylic acids is 2. The molecule has 108 valence electrons. The molecule has 0 aliphatic carbocycles. The van der Waals surface area contributed by atoms with Gasteiger partial charge in [0.1, 0.15) is 0 Å². The fourth-order valence-electron chi connectivity index (χ4n) is 1.90. The van der Waals surface area contributed by atoms with Gasteiger partial charge in [-0.15, -0.1) is 0 Å². The van der Waals surface area contributed by atoms with Gasteiger partial charge in [-0.25, -0.2) is 0 Å². The normalized spacial score (nSPS) is 10.1. The van der Waals surface area contributed by atoms with Gasteiger partial charge in [-0.2, -0.15) is 0 Å². The second-order valence-corrected chi connectivity index (χ2v) is 5.15. The molecule has 0 aliphatic rings. The van der Waals surface area contributed by atoms with Crippen molar-refractivity contribution >= 4 is 23.3 Å². The Bertz CT molecular complexity index is 608. The first kappa shape index (κ1) is 15.3. The average molecular weight is 302 g/mol. The molecule has 21 heavy (non-hydrogen) atoms. The van der Waals surface area contributed by atoms with Crippen LogP contribution in [0.15, 0.2) is 54.6 Å². The smallest absolute Gasteiger partial charge is 0.287 e. The third-order valence-electron chi connectivity index (χ3n) is 3.10. The Kier molecular flexibility index (Phi) is 5.52. The van der Waals surface area contributed by atoms with Crippen LogP contribution in [0.1, 0.15) is 17.5 Å². The number of nitrogens with one attached hydrogen (secondary N) is 1. The van der Waals surface area contributed by atoms with Crippen molar-refractivity contribution in [1.29, 1.82) is 0 Å². The fourth-order valence-corrected chi connectivity index (χ4v) is 2.03. The molecule has 0 heterocycles. The molecule has 0 saturated carbocycles. The Labute approximate surface area is 128 Å². The molecule has 0 atom stereocenters. The van der Waals surface area contributed by atoms with E-state index in [2.05, 4.69) is 5.32 Å². The van der Waals surface area contributed by atoms with Crippen molar-refractivity contribution in [3.05, 3.63) is 70.7 Å². The van der Waals surface area contributed by atoms with Crippen LogP contribution in [0.5, 0.6) is 0 Å². The zero-order valence-corrected chi connectivity index (χ0v) is 12.3. The number of Topliss-reactive ketones (excluding diaryl/α,β-unsaturated/α-hetero) is 1. The number of carbonyl (C=O) groups is 2. The molecule has 2 aromatic rings. The van der Waals surface area contributed by atoms with Gasteiger partial charge in [0.05, 0.1) is 0 Å². The highest BCUT2D eigenvalue weighted by Gasteiger charge is 2.12. The molecule has 0 spiro atoms. The lowest BCUT2D eigenvalue weighted by Gasteiger charge is -2.05. The fraction of sp³-hybridized carbons (Fsp3) is 0.176. The van der Waals surface area contributed by atoms with E-state index in [0.29, 0.717) is 18.0 Å². The average Bonchev–Trinajstić information content (AvgIpc) is 2.52. The van der Waals surface area contributed by atoms with Crippen molar-refractivity contribution in [2.45, 2.75) is 19.4 Å². The van der Waals surface area contributed by atoms with Crippen LogP contribution in [0.25, 0.3) is 0 Å². The SMILES string of the molecule is O=C(CCc1ccc(Cl)cc1)C(=O)NCc1ccccc1. The lowest BCUT2D eigenvalue weighted by molar-refractivity contribution is -0.138. The zero-order chi connectivity index (χ0) is 15.1. The van der Waals surface area contributed by atoms with Crippen LogP contribution in [0.4, 0.5) is 0 Å². The van der Waals surface area contributed by atoms with Crippen molar-refractivity contribution in [2.24, 2.45) is 0 Å². The highest BCUT2D eigenvalue weighted by molar-refractivity contribution is 6.36. The van der Waals surface area contributed by atoms with Gasteiger partial charge < -0.3 is 5.32 Å². The van der Waals surface area contributed by atoms with E-state index < -0.39 is 11.7 Å². The minimum absolute atomic E-state index is 0.197. The Morgan fingerprint density at radius 1 is 0.905 bits per heavy atom. The molecule has 0 unspecified atom stereocenters. The van der Waals surface area contributed by atoms with Gasteiger partial charge in [0.15, 0.2) is 0 Å². The van der Waals surface area contributed by atoms with Gasteiger partial charge in [-0.3, -0.25) is 9.59 Å². The number of halogens is 1. The van der Waals surface area contributed by atoms with E-state index in [4.69, 9.17) is 11.6 Å². The molecular formula is C17H16ClNO2. The Morgan fingerprint density at radius 3 is 2.24 bits per heavy atom. The largest absolute Gasteiger partial charge is 0.345 e. The van der Waals surface area contributed by atoms with Crippen molar-refractivity contribution < 1.29 is 9.59 Å². The first-order valence-electron chi connectivity index (χ1n) is 6.74. The maximum atomic E-state index is 11.8. The second kappa shape index (κ2) is 7.60.